The van der Waals surface area contributed by atoms with Crippen molar-refractivity contribution in [2.24, 2.45) is 0 Å². The molecule has 8 nitrogen and oxygen atoms in total. The van der Waals surface area contributed by atoms with Crippen molar-refractivity contribution in [3.05, 3.63) is 66.6 Å². The molecule has 0 bridgehead atoms. The first kappa shape index (κ1) is 16.4. The number of hydrogen-bond donors (Lipinski definition) is 2. The van der Waals surface area contributed by atoms with Gasteiger partial charge >= 0.3 is 0 Å². The number of anilines is 1. The highest BCUT2D eigenvalue weighted by molar-refractivity contribution is 5.82. The summed E-state index contributed by atoms with van der Waals surface area (Å²) in [7, 11) is 0. The number of aromatic nitrogens is 7. The Bertz CT molecular complexity index is 1290. The third-order valence-electron chi connectivity index (χ3n) is 4.67. The number of aromatic amines is 1. The van der Waals surface area contributed by atoms with Gasteiger partial charge in [-0.1, -0.05) is 12.1 Å². The summed E-state index contributed by atoms with van der Waals surface area (Å²) in [5, 5.41) is 3.44. The number of imidazole rings is 2. The molecule has 8 heteroatoms. The van der Waals surface area contributed by atoms with Gasteiger partial charge < -0.3 is 10.3 Å². The number of aryl methyl sites for hydroxylation is 1. The van der Waals surface area contributed by atoms with E-state index in [9.17, 15) is 0 Å². The van der Waals surface area contributed by atoms with Gasteiger partial charge in [-0.05, 0) is 43.7 Å². The van der Waals surface area contributed by atoms with Crippen molar-refractivity contribution in [2.45, 2.75) is 19.9 Å². The lowest BCUT2D eigenvalue weighted by Gasteiger charge is -2.17. The van der Waals surface area contributed by atoms with Crippen LogP contribution in [0.1, 0.15) is 24.4 Å². The van der Waals surface area contributed by atoms with Crippen LogP contribution >= 0.6 is 0 Å². The Labute approximate surface area is 160 Å². The topological polar surface area (TPSA) is 97.2 Å². The average Bonchev–Trinajstić information content (AvgIpc) is 3.33. The molecule has 0 saturated heterocycles. The molecule has 0 saturated carbocycles. The van der Waals surface area contributed by atoms with Crippen LogP contribution in [0, 0.1) is 6.92 Å². The maximum Gasteiger partial charge on any atom is 0.182 e. The molecule has 0 aliphatic carbocycles. The fourth-order valence-corrected chi connectivity index (χ4v) is 3.39. The van der Waals surface area contributed by atoms with Crippen LogP contribution in [0.4, 0.5) is 5.82 Å². The van der Waals surface area contributed by atoms with E-state index < -0.39 is 0 Å². The summed E-state index contributed by atoms with van der Waals surface area (Å²) in [6, 6.07) is 12.1. The lowest BCUT2D eigenvalue weighted by Crippen LogP contribution is -2.14. The van der Waals surface area contributed by atoms with Crippen molar-refractivity contribution in [2.75, 3.05) is 5.32 Å². The van der Waals surface area contributed by atoms with E-state index in [1.807, 2.05) is 18.2 Å². The Morgan fingerprint density at radius 2 is 2.00 bits per heavy atom. The predicted octanol–water partition coefficient (Wildman–Crippen LogP) is 3.57. The fourth-order valence-electron chi connectivity index (χ4n) is 3.39. The Kier molecular flexibility index (Phi) is 3.75. The molecule has 0 radical (unpaired) electrons. The molecule has 1 atom stereocenters. The van der Waals surface area contributed by atoms with E-state index in [4.69, 9.17) is 4.98 Å². The Hall–Kier alpha value is -3.81. The van der Waals surface area contributed by atoms with Gasteiger partial charge in [0.05, 0.1) is 12.4 Å². The van der Waals surface area contributed by atoms with Crippen LogP contribution in [0.25, 0.3) is 28.0 Å². The second kappa shape index (κ2) is 6.41. The van der Waals surface area contributed by atoms with Crippen LogP contribution in [0.5, 0.6) is 0 Å². The maximum absolute atomic E-state index is 4.85. The zero-order valence-corrected chi connectivity index (χ0v) is 15.5. The molecule has 5 aromatic rings. The van der Waals surface area contributed by atoms with Crippen LogP contribution < -0.4 is 5.32 Å². The highest BCUT2D eigenvalue weighted by atomic mass is 15.2. The molecule has 4 heterocycles. The Morgan fingerprint density at radius 1 is 1.07 bits per heavy atom. The molecule has 1 unspecified atom stereocenters. The monoisotopic (exact) mass is 370 g/mol. The molecule has 0 fully saturated rings. The minimum absolute atomic E-state index is 0.129. The third kappa shape index (κ3) is 2.66. The molecule has 2 N–H and O–H groups in total. The second-order valence-electron chi connectivity index (χ2n) is 6.68. The number of fused-ring (bicyclic) bond motifs is 2. The summed E-state index contributed by atoms with van der Waals surface area (Å²) in [6.45, 7) is 4.13. The standard InChI is InChI=1S/C20H18N8/c1-12-5-3-6-14(9-12)28-19(27-15-7-4-8-21-20(15)28)13(2)26-18-16-17(23-10-22-16)24-11-25-18/h3-11,13H,1-2H3,(H2,22,23,24,25,26). The quantitative estimate of drug-likeness (QED) is 0.502. The van der Waals surface area contributed by atoms with Crippen LogP contribution in [0.15, 0.2) is 55.2 Å². The van der Waals surface area contributed by atoms with E-state index in [2.05, 4.69) is 66.9 Å². The summed E-state index contributed by atoms with van der Waals surface area (Å²) in [6.07, 6.45) is 4.90. The number of H-pyrrole nitrogens is 1. The Balaban J connectivity index is 1.64. The van der Waals surface area contributed by atoms with E-state index in [0.717, 1.165) is 28.2 Å². The van der Waals surface area contributed by atoms with Crippen LogP contribution in [-0.4, -0.2) is 34.5 Å². The molecule has 0 aliphatic heterocycles. The molecule has 0 amide bonds. The fraction of sp³-hybridized carbons (Fsp3) is 0.150. The van der Waals surface area contributed by atoms with Gasteiger partial charge in [0.25, 0.3) is 0 Å². The van der Waals surface area contributed by atoms with E-state index in [-0.39, 0.29) is 6.04 Å². The van der Waals surface area contributed by atoms with Gasteiger partial charge in [0.2, 0.25) is 0 Å². The molecule has 1 aromatic carbocycles. The first-order valence-electron chi connectivity index (χ1n) is 9.02. The van der Waals surface area contributed by atoms with Gasteiger partial charge in [-0.25, -0.2) is 24.9 Å². The smallest absolute Gasteiger partial charge is 0.182 e. The number of pyridine rings is 1. The maximum atomic E-state index is 4.85. The summed E-state index contributed by atoms with van der Waals surface area (Å²) in [4.78, 5) is 25.2. The normalized spacial score (nSPS) is 12.5. The molecule has 28 heavy (non-hydrogen) atoms. The van der Waals surface area contributed by atoms with Crippen molar-refractivity contribution in [3.8, 4) is 5.69 Å². The molecule has 0 spiro atoms. The van der Waals surface area contributed by atoms with E-state index in [1.54, 1.807) is 12.5 Å². The van der Waals surface area contributed by atoms with E-state index >= 15 is 0 Å². The average molecular weight is 370 g/mol. The molecule has 5 rings (SSSR count). The zero-order valence-electron chi connectivity index (χ0n) is 15.5. The predicted molar refractivity (Wildman–Crippen MR) is 107 cm³/mol. The van der Waals surface area contributed by atoms with E-state index in [0.29, 0.717) is 11.5 Å². The number of rotatable bonds is 4. The number of nitrogens with one attached hydrogen (secondary N) is 2. The first-order chi connectivity index (χ1) is 13.7. The molecular formula is C20H18N8. The minimum Gasteiger partial charge on any atom is -0.358 e. The van der Waals surface area contributed by atoms with Gasteiger partial charge in [0.1, 0.15) is 23.2 Å². The van der Waals surface area contributed by atoms with Gasteiger partial charge in [0, 0.05) is 11.9 Å². The van der Waals surface area contributed by atoms with E-state index in [1.165, 1.54) is 11.9 Å². The molecular weight excluding hydrogens is 352 g/mol. The molecule has 138 valence electrons. The van der Waals surface area contributed by atoms with Gasteiger partial charge in [-0.2, -0.15) is 0 Å². The summed E-state index contributed by atoms with van der Waals surface area (Å²) in [5.41, 5.74) is 5.27. The first-order valence-corrected chi connectivity index (χ1v) is 9.02. The second-order valence-corrected chi connectivity index (χ2v) is 6.68. The lowest BCUT2D eigenvalue weighted by molar-refractivity contribution is 0.767. The Morgan fingerprint density at radius 3 is 2.89 bits per heavy atom. The number of nitrogens with zero attached hydrogens (tertiary/aromatic N) is 6. The largest absolute Gasteiger partial charge is 0.358 e. The number of hydrogen-bond acceptors (Lipinski definition) is 6. The summed E-state index contributed by atoms with van der Waals surface area (Å²) in [5.74, 6) is 1.54. The highest BCUT2D eigenvalue weighted by Crippen LogP contribution is 2.27. The van der Waals surface area contributed by atoms with Crippen molar-refractivity contribution in [1.82, 2.24) is 34.5 Å². The van der Waals surface area contributed by atoms with Gasteiger partial charge in [0.15, 0.2) is 17.1 Å². The molecule has 0 aliphatic rings. The molecule has 4 aromatic heterocycles. The third-order valence-corrected chi connectivity index (χ3v) is 4.67. The van der Waals surface area contributed by atoms with Crippen LogP contribution in [-0.2, 0) is 0 Å². The number of benzene rings is 1. The summed E-state index contributed by atoms with van der Waals surface area (Å²) >= 11 is 0. The van der Waals surface area contributed by atoms with Gasteiger partial charge in [-0.15, -0.1) is 0 Å². The van der Waals surface area contributed by atoms with Crippen molar-refractivity contribution in [1.29, 1.82) is 0 Å². The zero-order chi connectivity index (χ0) is 19.1. The highest BCUT2D eigenvalue weighted by Gasteiger charge is 2.20. The lowest BCUT2D eigenvalue weighted by atomic mass is 10.2. The van der Waals surface area contributed by atoms with Crippen molar-refractivity contribution >= 4 is 28.1 Å². The van der Waals surface area contributed by atoms with Crippen molar-refractivity contribution in [3.63, 3.8) is 0 Å². The SMILES string of the molecule is Cc1cccc(-n2c(C(C)Nc3ncnc4nc[nH]c34)nc3cccnc32)c1. The van der Waals surface area contributed by atoms with Crippen LogP contribution in [0.2, 0.25) is 0 Å². The minimum atomic E-state index is -0.129. The van der Waals surface area contributed by atoms with Crippen molar-refractivity contribution < 1.29 is 0 Å². The van der Waals surface area contributed by atoms with Gasteiger partial charge in [-0.3, -0.25) is 4.57 Å². The van der Waals surface area contributed by atoms with Crippen LogP contribution in [0.3, 0.4) is 0 Å². The summed E-state index contributed by atoms with van der Waals surface area (Å²) < 4.78 is 2.09.